The summed E-state index contributed by atoms with van der Waals surface area (Å²) < 4.78 is 7.16. The summed E-state index contributed by atoms with van der Waals surface area (Å²) in [6.45, 7) is 7.09. The van der Waals surface area contributed by atoms with Crippen molar-refractivity contribution >= 4 is 5.96 Å². The highest BCUT2D eigenvalue weighted by atomic mass is 16.5. The summed E-state index contributed by atoms with van der Waals surface area (Å²) >= 11 is 0. The van der Waals surface area contributed by atoms with E-state index >= 15 is 0 Å². The fourth-order valence-electron chi connectivity index (χ4n) is 2.16. The van der Waals surface area contributed by atoms with Crippen molar-refractivity contribution in [3.63, 3.8) is 0 Å². The molecule has 6 heteroatoms. The maximum absolute atomic E-state index is 5.24. The number of methoxy groups -OCH3 is 1. The molecule has 0 spiro atoms. The SMILES string of the molecule is CCNC(=NCc1cccc(OC)c1)NCCn1cc(C)cn1. The van der Waals surface area contributed by atoms with Crippen LogP contribution in [0.4, 0.5) is 0 Å². The van der Waals surface area contributed by atoms with Crippen LogP contribution in [0.3, 0.4) is 0 Å². The van der Waals surface area contributed by atoms with Crippen LogP contribution in [0.2, 0.25) is 0 Å². The fraction of sp³-hybridized carbons (Fsp3) is 0.412. The number of rotatable bonds is 7. The van der Waals surface area contributed by atoms with Gasteiger partial charge in [0.25, 0.3) is 0 Å². The second kappa shape index (κ2) is 8.82. The van der Waals surface area contributed by atoms with Crippen LogP contribution in [0, 0.1) is 6.92 Å². The topological polar surface area (TPSA) is 63.5 Å². The Labute approximate surface area is 137 Å². The third kappa shape index (κ3) is 5.65. The number of aliphatic imine (C=N–C) groups is 1. The first kappa shape index (κ1) is 16.9. The average Bonchev–Trinajstić information content (AvgIpc) is 2.98. The van der Waals surface area contributed by atoms with E-state index in [-0.39, 0.29) is 0 Å². The highest BCUT2D eigenvalue weighted by Gasteiger charge is 2.00. The van der Waals surface area contributed by atoms with Crippen molar-refractivity contribution in [1.82, 2.24) is 20.4 Å². The minimum Gasteiger partial charge on any atom is -0.497 e. The van der Waals surface area contributed by atoms with E-state index in [1.165, 1.54) is 5.56 Å². The molecule has 0 unspecified atom stereocenters. The molecule has 0 fully saturated rings. The highest BCUT2D eigenvalue weighted by Crippen LogP contribution is 2.13. The first-order valence-corrected chi connectivity index (χ1v) is 7.85. The molecule has 124 valence electrons. The third-order valence-corrected chi connectivity index (χ3v) is 3.29. The summed E-state index contributed by atoms with van der Waals surface area (Å²) in [4.78, 5) is 4.60. The van der Waals surface area contributed by atoms with Gasteiger partial charge in [0.1, 0.15) is 5.75 Å². The zero-order chi connectivity index (χ0) is 16.5. The van der Waals surface area contributed by atoms with E-state index in [2.05, 4.69) is 27.6 Å². The van der Waals surface area contributed by atoms with Crippen molar-refractivity contribution in [2.24, 2.45) is 4.99 Å². The molecule has 1 heterocycles. The lowest BCUT2D eigenvalue weighted by atomic mass is 10.2. The second-order valence-corrected chi connectivity index (χ2v) is 5.25. The predicted molar refractivity (Wildman–Crippen MR) is 92.8 cm³/mol. The van der Waals surface area contributed by atoms with E-state index in [0.29, 0.717) is 6.54 Å². The number of guanidine groups is 1. The summed E-state index contributed by atoms with van der Waals surface area (Å²) in [5, 5.41) is 10.8. The van der Waals surface area contributed by atoms with Crippen molar-refractivity contribution in [2.45, 2.75) is 26.9 Å². The predicted octanol–water partition coefficient (Wildman–Crippen LogP) is 1.96. The Morgan fingerprint density at radius 2 is 2.22 bits per heavy atom. The molecule has 1 aromatic carbocycles. The Morgan fingerprint density at radius 1 is 1.35 bits per heavy atom. The summed E-state index contributed by atoms with van der Waals surface area (Å²) in [6.07, 6.45) is 3.89. The van der Waals surface area contributed by atoms with Gasteiger partial charge >= 0.3 is 0 Å². The molecule has 2 rings (SSSR count). The van der Waals surface area contributed by atoms with E-state index < -0.39 is 0 Å². The van der Waals surface area contributed by atoms with Crippen LogP contribution in [0.15, 0.2) is 41.7 Å². The van der Waals surface area contributed by atoms with Gasteiger partial charge in [-0.15, -0.1) is 0 Å². The number of aromatic nitrogens is 2. The van der Waals surface area contributed by atoms with Crippen molar-refractivity contribution in [2.75, 3.05) is 20.2 Å². The maximum atomic E-state index is 5.24. The smallest absolute Gasteiger partial charge is 0.191 e. The Bertz CT molecular complexity index is 635. The van der Waals surface area contributed by atoms with Gasteiger partial charge in [0.2, 0.25) is 0 Å². The molecule has 2 aromatic rings. The molecule has 0 saturated heterocycles. The molecule has 2 N–H and O–H groups in total. The number of hydrogen-bond acceptors (Lipinski definition) is 3. The molecule has 0 saturated carbocycles. The van der Waals surface area contributed by atoms with E-state index in [4.69, 9.17) is 4.74 Å². The minimum atomic E-state index is 0.605. The fourth-order valence-corrected chi connectivity index (χ4v) is 2.16. The molecule has 0 radical (unpaired) electrons. The van der Waals surface area contributed by atoms with E-state index in [0.717, 1.165) is 36.9 Å². The van der Waals surface area contributed by atoms with Crippen LogP contribution < -0.4 is 15.4 Å². The molecule has 0 bridgehead atoms. The van der Waals surface area contributed by atoms with Crippen LogP contribution in [0.1, 0.15) is 18.1 Å². The molecule has 0 amide bonds. The first-order valence-electron chi connectivity index (χ1n) is 7.85. The van der Waals surface area contributed by atoms with Gasteiger partial charge < -0.3 is 15.4 Å². The van der Waals surface area contributed by atoms with Crippen molar-refractivity contribution in [3.8, 4) is 5.75 Å². The summed E-state index contributed by atoms with van der Waals surface area (Å²) in [6, 6.07) is 7.95. The van der Waals surface area contributed by atoms with Crippen LogP contribution in [0.25, 0.3) is 0 Å². The monoisotopic (exact) mass is 315 g/mol. The number of aryl methyl sites for hydroxylation is 1. The van der Waals surface area contributed by atoms with Gasteiger partial charge in [-0.3, -0.25) is 4.68 Å². The number of hydrogen-bond donors (Lipinski definition) is 2. The lowest BCUT2D eigenvalue weighted by molar-refractivity contribution is 0.414. The number of nitrogens with zero attached hydrogens (tertiary/aromatic N) is 3. The van der Waals surface area contributed by atoms with Gasteiger partial charge in [-0.05, 0) is 37.1 Å². The van der Waals surface area contributed by atoms with Gasteiger partial charge in [0, 0.05) is 19.3 Å². The van der Waals surface area contributed by atoms with Gasteiger partial charge in [0.15, 0.2) is 5.96 Å². The molecule has 0 atom stereocenters. The van der Waals surface area contributed by atoms with Gasteiger partial charge in [0.05, 0.1) is 26.4 Å². The van der Waals surface area contributed by atoms with Crippen molar-refractivity contribution < 1.29 is 4.74 Å². The van der Waals surface area contributed by atoms with Gasteiger partial charge in [-0.25, -0.2) is 4.99 Å². The Kier molecular flexibility index (Phi) is 6.47. The Balaban J connectivity index is 1.88. The summed E-state index contributed by atoms with van der Waals surface area (Å²) in [5.74, 6) is 1.66. The first-order chi connectivity index (χ1) is 11.2. The molecule has 0 aliphatic heterocycles. The maximum Gasteiger partial charge on any atom is 0.191 e. The normalized spacial score (nSPS) is 11.3. The quantitative estimate of drug-likeness (QED) is 0.605. The molecule has 6 nitrogen and oxygen atoms in total. The number of nitrogens with one attached hydrogen (secondary N) is 2. The second-order valence-electron chi connectivity index (χ2n) is 5.25. The molecule has 1 aromatic heterocycles. The average molecular weight is 315 g/mol. The number of benzene rings is 1. The molecule has 0 aliphatic carbocycles. The van der Waals surface area contributed by atoms with E-state index in [1.807, 2.05) is 48.3 Å². The zero-order valence-electron chi connectivity index (χ0n) is 14.0. The van der Waals surface area contributed by atoms with Crippen LogP contribution in [-0.4, -0.2) is 35.9 Å². The Morgan fingerprint density at radius 3 is 2.91 bits per heavy atom. The standard InChI is InChI=1S/C17H25N5O/c1-4-18-17(19-8-9-22-13-14(2)11-21-22)20-12-15-6-5-7-16(10-15)23-3/h5-7,10-11,13H,4,8-9,12H2,1-3H3,(H2,18,19,20). The molecule has 0 aliphatic rings. The van der Waals surface area contributed by atoms with E-state index in [1.54, 1.807) is 7.11 Å². The van der Waals surface area contributed by atoms with Crippen molar-refractivity contribution in [1.29, 1.82) is 0 Å². The lowest BCUT2D eigenvalue weighted by Gasteiger charge is -2.11. The van der Waals surface area contributed by atoms with Gasteiger partial charge in [-0.2, -0.15) is 5.10 Å². The van der Waals surface area contributed by atoms with Crippen LogP contribution >= 0.6 is 0 Å². The van der Waals surface area contributed by atoms with Crippen molar-refractivity contribution in [3.05, 3.63) is 47.8 Å². The van der Waals surface area contributed by atoms with E-state index in [9.17, 15) is 0 Å². The third-order valence-electron chi connectivity index (χ3n) is 3.29. The van der Waals surface area contributed by atoms with Gasteiger partial charge in [-0.1, -0.05) is 12.1 Å². The minimum absolute atomic E-state index is 0.605. The largest absolute Gasteiger partial charge is 0.497 e. The van der Waals surface area contributed by atoms with Crippen LogP contribution in [-0.2, 0) is 13.1 Å². The lowest BCUT2D eigenvalue weighted by Crippen LogP contribution is -2.38. The summed E-state index contributed by atoms with van der Waals surface area (Å²) in [5.41, 5.74) is 2.29. The highest BCUT2D eigenvalue weighted by molar-refractivity contribution is 5.79. The molecule has 23 heavy (non-hydrogen) atoms. The summed E-state index contributed by atoms with van der Waals surface area (Å²) in [7, 11) is 1.67. The van der Waals surface area contributed by atoms with Crippen LogP contribution in [0.5, 0.6) is 5.75 Å². The number of ether oxygens (including phenoxy) is 1. The Hall–Kier alpha value is -2.50. The molecular formula is C17H25N5O. The zero-order valence-corrected chi connectivity index (χ0v) is 14.0. The molecular weight excluding hydrogens is 290 g/mol.